The number of ketones is 2. The zero-order valence-corrected chi connectivity index (χ0v) is 13.6. The highest BCUT2D eigenvalue weighted by Crippen LogP contribution is 2.22. The molecule has 0 heterocycles. The van der Waals surface area contributed by atoms with Crippen LogP contribution in [-0.2, 0) is 0 Å². The molecular weight excluding hydrogens is 272 g/mol. The maximum Gasteiger partial charge on any atom is 0.166 e. The smallest absolute Gasteiger partial charge is 0.166 e. The third kappa shape index (κ3) is 3.51. The molecule has 114 valence electrons. The monoisotopic (exact) mass is 294 g/mol. The SMILES string of the molecule is Cc1ccc(C(=O)C(C)C(C)C(=O)c2ccc(C)cc2)cc1. The van der Waals surface area contributed by atoms with Crippen LogP contribution < -0.4 is 0 Å². The lowest BCUT2D eigenvalue weighted by molar-refractivity contribution is 0.0794. The summed E-state index contributed by atoms with van der Waals surface area (Å²) in [5, 5.41) is 0. The fourth-order valence-corrected chi connectivity index (χ4v) is 2.42. The first-order chi connectivity index (χ1) is 10.4. The Bertz CT molecular complexity index is 604. The van der Waals surface area contributed by atoms with Gasteiger partial charge in [-0.05, 0) is 13.8 Å². The summed E-state index contributed by atoms with van der Waals surface area (Å²) in [5.74, 6) is -0.631. The molecule has 0 bridgehead atoms. The molecule has 0 fully saturated rings. The molecule has 2 atom stereocenters. The first kappa shape index (κ1) is 16.2. The highest BCUT2D eigenvalue weighted by Gasteiger charge is 2.27. The van der Waals surface area contributed by atoms with E-state index in [0.29, 0.717) is 11.1 Å². The first-order valence-electron chi connectivity index (χ1n) is 7.62. The molecule has 2 unspecified atom stereocenters. The Labute approximate surface area is 132 Å². The fraction of sp³-hybridized carbons (Fsp3) is 0.300. The summed E-state index contributed by atoms with van der Waals surface area (Å²) in [6, 6.07) is 15.0. The Hall–Kier alpha value is -2.22. The topological polar surface area (TPSA) is 34.1 Å². The van der Waals surface area contributed by atoms with E-state index >= 15 is 0 Å². The maximum absolute atomic E-state index is 12.5. The van der Waals surface area contributed by atoms with Crippen LogP contribution in [0, 0.1) is 25.7 Å². The van der Waals surface area contributed by atoms with Gasteiger partial charge in [0.2, 0.25) is 0 Å². The van der Waals surface area contributed by atoms with Crippen molar-refractivity contribution in [3.8, 4) is 0 Å². The van der Waals surface area contributed by atoms with E-state index in [1.165, 1.54) is 0 Å². The fourth-order valence-electron chi connectivity index (χ4n) is 2.42. The Morgan fingerprint density at radius 1 is 0.636 bits per heavy atom. The molecular formula is C20H22O2. The van der Waals surface area contributed by atoms with Gasteiger partial charge in [0, 0.05) is 23.0 Å². The van der Waals surface area contributed by atoms with Gasteiger partial charge in [0.05, 0.1) is 0 Å². The summed E-state index contributed by atoms with van der Waals surface area (Å²) >= 11 is 0. The summed E-state index contributed by atoms with van der Waals surface area (Å²) in [4.78, 5) is 25.1. The molecule has 0 amide bonds. The molecule has 2 rings (SSSR count). The van der Waals surface area contributed by atoms with Gasteiger partial charge in [-0.1, -0.05) is 73.5 Å². The standard InChI is InChI=1S/C20H22O2/c1-13-5-9-17(10-6-13)19(21)15(3)16(4)20(22)18-11-7-14(2)8-12-18/h5-12,15-16H,1-4H3. The van der Waals surface area contributed by atoms with Crippen molar-refractivity contribution in [2.45, 2.75) is 27.7 Å². The van der Waals surface area contributed by atoms with Gasteiger partial charge in [-0.2, -0.15) is 0 Å². The molecule has 0 radical (unpaired) electrons. The van der Waals surface area contributed by atoms with Crippen LogP contribution in [0.3, 0.4) is 0 Å². The molecule has 2 nitrogen and oxygen atoms in total. The van der Waals surface area contributed by atoms with Crippen LogP contribution in [0.4, 0.5) is 0 Å². The van der Waals surface area contributed by atoms with Crippen molar-refractivity contribution in [3.05, 3.63) is 70.8 Å². The average Bonchev–Trinajstić information content (AvgIpc) is 2.53. The lowest BCUT2D eigenvalue weighted by atomic mass is 9.83. The molecule has 0 spiro atoms. The third-order valence-electron chi connectivity index (χ3n) is 4.25. The van der Waals surface area contributed by atoms with Gasteiger partial charge in [0.25, 0.3) is 0 Å². The summed E-state index contributed by atoms with van der Waals surface area (Å²) < 4.78 is 0. The van der Waals surface area contributed by atoms with E-state index in [4.69, 9.17) is 0 Å². The minimum absolute atomic E-state index is 0.0213. The zero-order valence-electron chi connectivity index (χ0n) is 13.6. The number of rotatable bonds is 5. The molecule has 0 aliphatic rings. The molecule has 2 aromatic rings. The molecule has 0 saturated heterocycles. The van der Waals surface area contributed by atoms with E-state index in [1.807, 2.05) is 76.2 Å². The number of aryl methyl sites for hydroxylation is 2. The van der Waals surface area contributed by atoms with Gasteiger partial charge >= 0.3 is 0 Å². The predicted molar refractivity (Wildman–Crippen MR) is 89.3 cm³/mol. The van der Waals surface area contributed by atoms with E-state index in [1.54, 1.807) is 0 Å². The number of carbonyl (C=O) groups excluding carboxylic acids is 2. The van der Waals surface area contributed by atoms with Gasteiger partial charge in [-0.25, -0.2) is 0 Å². The predicted octanol–water partition coefficient (Wildman–Crippen LogP) is 4.64. The van der Waals surface area contributed by atoms with Crippen LogP contribution >= 0.6 is 0 Å². The van der Waals surface area contributed by atoms with Crippen molar-refractivity contribution in [1.29, 1.82) is 0 Å². The van der Waals surface area contributed by atoms with Crippen LogP contribution in [0.15, 0.2) is 48.5 Å². The van der Waals surface area contributed by atoms with Crippen LogP contribution in [-0.4, -0.2) is 11.6 Å². The van der Waals surface area contributed by atoms with Crippen molar-refractivity contribution >= 4 is 11.6 Å². The van der Waals surface area contributed by atoms with Crippen molar-refractivity contribution in [2.75, 3.05) is 0 Å². The molecule has 0 aliphatic heterocycles. The second-order valence-corrected chi connectivity index (χ2v) is 6.04. The van der Waals surface area contributed by atoms with E-state index in [0.717, 1.165) is 11.1 Å². The van der Waals surface area contributed by atoms with Gasteiger partial charge < -0.3 is 0 Å². The van der Waals surface area contributed by atoms with Crippen molar-refractivity contribution in [2.24, 2.45) is 11.8 Å². The Morgan fingerprint density at radius 2 is 0.909 bits per heavy atom. The minimum Gasteiger partial charge on any atom is -0.294 e. The molecule has 2 aromatic carbocycles. The van der Waals surface area contributed by atoms with E-state index in [2.05, 4.69) is 0 Å². The third-order valence-corrected chi connectivity index (χ3v) is 4.25. The van der Waals surface area contributed by atoms with E-state index in [9.17, 15) is 9.59 Å². The van der Waals surface area contributed by atoms with Gasteiger partial charge in [-0.15, -0.1) is 0 Å². The number of benzene rings is 2. The van der Waals surface area contributed by atoms with E-state index in [-0.39, 0.29) is 23.4 Å². The van der Waals surface area contributed by atoms with Crippen molar-refractivity contribution in [1.82, 2.24) is 0 Å². The molecule has 0 aliphatic carbocycles. The van der Waals surface area contributed by atoms with Crippen LogP contribution in [0.25, 0.3) is 0 Å². The van der Waals surface area contributed by atoms with Crippen LogP contribution in [0.2, 0.25) is 0 Å². The lowest BCUT2D eigenvalue weighted by Crippen LogP contribution is -2.26. The highest BCUT2D eigenvalue weighted by atomic mass is 16.1. The Kier molecular flexibility index (Phi) is 4.92. The summed E-state index contributed by atoms with van der Waals surface area (Å²) in [7, 11) is 0. The molecule has 22 heavy (non-hydrogen) atoms. The van der Waals surface area contributed by atoms with Gasteiger partial charge in [0.1, 0.15) is 0 Å². The number of Topliss-reactive ketones (excluding diaryl/α,β-unsaturated/α-hetero) is 2. The Morgan fingerprint density at radius 3 is 1.18 bits per heavy atom. The lowest BCUT2D eigenvalue weighted by Gasteiger charge is -2.18. The van der Waals surface area contributed by atoms with Gasteiger partial charge in [0.15, 0.2) is 11.6 Å². The second kappa shape index (κ2) is 6.69. The summed E-state index contributed by atoms with van der Waals surface area (Å²) in [5.41, 5.74) is 3.57. The zero-order chi connectivity index (χ0) is 16.3. The molecule has 2 heteroatoms. The largest absolute Gasteiger partial charge is 0.294 e. The Balaban J connectivity index is 2.15. The van der Waals surface area contributed by atoms with Crippen LogP contribution in [0.1, 0.15) is 45.7 Å². The van der Waals surface area contributed by atoms with Crippen molar-refractivity contribution < 1.29 is 9.59 Å². The summed E-state index contributed by atoms with van der Waals surface area (Å²) in [6.45, 7) is 7.64. The second-order valence-electron chi connectivity index (χ2n) is 6.04. The number of hydrogen-bond acceptors (Lipinski definition) is 2. The highest BCUT2D eigenvalue weighted by molar-refractivity contribution is 6.04. The normalized spacial score (nSPS) is 13.5. The van der Waals surface area contributed by atoms with Crippen molar-refractivity contribution in [3.63, 3.8) is 0 Å². The first-order valence-corrected chi connectivity index (χ1v) is 7.62. The molecule has 0 aromatic heterocycles. The number of hydrogen-bond donors (Lipinski definition) is 0. The minimum atomic E-state index is -0.337. The molecule has 0 saturated carbocycles. The maximum atomic E-state index is 12.5. The van der Waals surface area contributed by atoms with E-state index < -0.39 is 0 Å². The molecule has 0 N–H and O–H groups in total. The van der Waals surface area contributed by atoms with Crippen LogP contribution in [0.5, 0.6) is 0 Å². The quantitative estimate of drug-likeness (QED) is 0.753. The number of carbonyl (C=O) groups is 2. The van der Waals surface area contributed by atoms with Gasteiger partial charge in [-0.3, -0.25) is 9.59 Å². The average molecular weight is 294 g/mol. The summed E-state index contributed by atoms with van der Waals surface area (Å²) in [6.07, 6.45) is 0.